The first-order valence-corrected chi connectivity index (χ1v) is 6.73. The Labute approximate surface area is 113 Å². The fraction of sp³-hybridized carbons (Fsp3) is 0.571. The van der Waals surface area contributed by atoms with Crippen molar-refractivity contribution in [1.82, 2.24) is 5.32 Å². The first-order valence-electron chi connectivity index (χ1n) is 6.36. The minimum absolute atomic E-state index is 0.134. The van der Waals surface area contributed by atoms with Crippen LogP contribution in [0.2, 0.25) is 5.02 Å². The molecule has 1 aliphatic heterocycles. The smallest absolute Gasteiger partial charge is 0.137 e. The second-order valence-corrected chi connectivity index (χ2v) is 5.05. The highest BCUT2D eigenvalue weighted by Crippen LogP contribution is 2.36. The van der Waals surface area contributed by atoms with Crippen LogP contribution in [0.1, 0.15) is 24.5 Å². The van der Waals surface area contributed by atoms with E-state index in [1.165, 1.54) is 6.42 Å². The molecule has 2 rings (SSSR count). The van der Waals surface area contributed by atoms with Crippen LogP contribution in [-0.4, -0.2) is 27.3 Å². The van der Waals surface area contributed by atoms with Crippen LogP contribution < -0.4 is 10.1 Å². The first-order chi connectivity index (χ1) is 8.76. The Morgan fingerprint density at radius 2 is 2.33 bits per heavy atom. The number of benzene rings is 1. The van der Waals surface area contributed by atoms with Crippen molar-refractivity contribution in [3.05, 3.63) is 28.8 Å². The van der Waals surface area contributed by atoms with Crippen LogP contribution in [0, 0.1) is 5.92 Å². The summed E-state index contributed by atoms with van der Waals surface area (Å²) in [6.07, 6.45) is 2.46. The van der Waals surface area contributed by atoms with E-state index < -0.39 is 0 Å². The average molecular weight is 270 g/mol. The summed E-state index contributed by atoms with van der Waals surface area (Å²) in [6, 6.07) is 5.91. The molecule has 2 unspecified atom stereocenters. The fourth-order valence-electron chi connectivity index (χ4n) is 2.54. The summed E-state index contributed by atoms with van der Waals surface area (Å²) in [4.78, 5) is 0. The molecule has 1 aliphatic rings. The van der Waals surface area contributed by atoms with Crippen LogP contribution in [0.3, 0.4) is 0 Å². The van der Waals surface area contributed by atoms with E-state index >= 15 is 0 Å². The van der Waals surface area contributed by atoms with E-state index in [0.29, 0.717) is 16.7 Å². The van der Waals surface area contributed by atoms with Gasteiger partial charge in [0.25, 0.3) is 0 Å². The number of methoxy groups -OCH3 is 1. The largest absolute Gasteiger partial charge is 0.495 e. The number of halogens is 1. The summed E-state index contributed by atoms with van der Waals surface area (Å²) in [7, 11) is 3.61. The van der Waals surface area contributed by atoms with Crippen LogP contribution >= 0.6 is 11.6 Å². The molecule has 1 aromatic carbocycles. The summed E-state index contributed by atoms with van der Waals surface area (Å²) >= 11 is 6.18. The number of hydrogen-bond donors (Lipinski definition) is 1. The Kier molecular flexibility index (Phi) is 4.87. The Bertz CT molecular complexity index is 395. The van der Waals surface area contributed by atoms with Crippen LogP contribution in [0.4, 0.5) is 0 Å². The molecular weight excluding hydrogens is 250 g/mol. The Balaban J connectivity index is 2.19. The third-order valence-corrected chi connectivity index (χ3v) is 3.71. The van der Waals surface area contributed by atoms with Gasteiger partial charge in [-0.05, 0) is 37.6 Å². The van der Waals surface area contributed by atoms with Crippen molar-refractivity contribution in [1.29, 1.82) is 0 Å². The predicted octanol–water partition coefficient (Wildman–Crippen LogP) is 3.04. The van der Waals surface area contributed by atoms with Gasteiger partial charge in [-0.15, -0.1) is 0 Å². The third-order valence-electron chi connectivity index (χ3n) is 3.42. The van der Waals surface area contributed by atoms with E-state index in [1.807, 2.05) is 25.2 Å². The molecule has 0 aromatic heterocycles. The topological polar surface area (TPSA) is 30.5 Å². The molecule has 0 saturated carbocycles. The van der Waals surface area contributed by atoms with E-state index in [2.05, 4.69) is 5.32 Å². The second-order valence-electron chi connectivity index (χ2n) is 4.65. The summed E-state index contributed by atoms with van der Waals surface area (Å²) in [5.41, 5.74) is 1.14. The molecular formula is C14H20ClNO2. The Morgan fingerprint density at radius 3 is 3.00 bits per heavy atom. The van der Waals surface area contributed by atoms with Crippen molar-refractivity contribution < 1.29 is 9.47 Å². The van der Waals surface area contributed by atoms with Crippen molar-refractivity contribution in [3.8, 4) is 5.75 Å². The van der Waals surface area contributed by atoms with Gasteiger partial charge in [0.2, 0.25) is 0 Å². The molecule has 0 amide bonds. The van der Waals surface area contributed by atoms with Gasteiger partial charge < -0.3 is 14.8 Å². The highest BCUT2D eigenvalue weighted by atomic mass is 35.5. The molecule has 0 radical (unpaired) electrons. The monoisotopic (exact) mass is 269 g/mol. The lowest BCUT2D eigenvalue weighted by Crippen LogP contribution is -2.30. The van der Waals surface area contributed by atoms with Gasteiger partial charge in [0.15, 0.2) is 0 Å². The Morgan fingerprint density at radius 1 is 1.50 bits per heavy atom. The van der Waals surface area contributed by atoms with Crippen molar-refractivity contribution in [3.63, 3.8) is 0 Å². The minimum Gasteiger partial charge on any atom is -0.495 e. The van der Waals surface area contributed by atoms with Crippen LogP contribution in [0.25, 0.3) is 0 Å². The van der Waals surface area contributed by atoms with E-state index in [9.17, 15) is 0 Å². The van der Waals surface area contributed by atoms with Crippen molar-refractivity contribution >= 4 is 11.6 Å². The van der Waals surface area contributed by atoms with Gasteiger partial charge in [-0.2, -0.15) is 0 Å². The summed E-state index contributed by atoms with van der Waals surface area (Å²) in [5, 5.41) is 3.88. The lowest BCUT2D eigenvalue weighted by atomic mass is 9.89. The van der Waals surface area contributed by atoms with E-state index in [1.54, 1.807) is 7.11 Å². The van der Waals surface area contributed by atoms with Gasteiger partial charge >= 0.3 is 0 Å². The van der Waals surface area contributed by atoms with Crippen molar-refractivity contribution in [2.75, 3.05) is 27.3 Å². The molecule has 1 aromatic rings. The maximum absolute atomic E-state index is 6.18. The Hall–Kier alpha value is -0.770. The van der Waals surface area contributed by atoms with Crippen LogP contribution in [0.5, 0.6) is 5.75 Å². The maximum Gasteiger partial charge on any atom is 0.137 e. The molecule has 0 aliphatic carbocycles. The van der Waals surface area contributed by atoms with Gasteiger partial charge in [-0.3, -0.25) is 0 Å². The SMILES string of the molecule is CNCC1CCCOC1c1ccc(OC)c(Cl)c1. The van der Waals surface area contributed by atoms with Gasteiger partial charge in [-0.1, -0.05) is 17.7 Å². The lowest BCUT2D eigenvalue weighted by molar-refractivity contribution is -0.0272. The molecule has 18 heavy (non-hydrogen) atoms. The predicted molar refractivity (Wildman–Crippen MR) is 73.3 cm³/mol. The second kappa shape index (κ2) is 6.41. The van der Waals surface area contributed by atoms with Gasteiger partial charge in [-0.25, -0.2) is 0 Å². The number of nitrogens with one attached hydrogen (secondary N) is 1. The number of hydrogen-bond acceptors (Lipinski definition) is 3. The molecule has 2 atom stereocenters. The molecule has 1 heterocycles. The summed E-state index contributed by atoms with van der Waals surface area (Å²) in [5.74, 6) is 1.22. The zero-order chi connectivity index (χ0) is 13.0. The zero-order valence-electron chi connectivity index (χ0n) is 10.9. The quantitative estimate of drug-likeness (QED) is 0.911. The first kappa shape index (κ1) is 13.7. The minimum atomic E-state index is 0.134. The van der Waals surface area contributed by atoms with E-state index in [4.69, 9.17) is 21.1 Å². The molecule has 100 valence electrons. The maximum atomic E-state index is 6.18. The van der Waals surface area contributed by atoms with Crippen LogP contribution in [-0.2, 0) is 4.74 Å². The van der Waals surface area contributed by atoms with Gasteiger partial charge in [0.1, 0.15) is 5.75 Å². The summed E-state index contributed by atoms with van der Waals surface area (Å²) in [6.45, 7) is 1.79. The molecule has 0 spiro atoms. The number of ether oxygens (including phenoxy) is 2. The highest BCUT2D eigenvalue weighted by molar-refractivity contribution is 6.32. The highest BCUT2D eigenvalue weighted by Gasteiger charge is 2.27. The molecule has 1 N–H and O–H groups in total. The normalized spacial score (nSPS) is 23.9. The fourth-order valence-corrected chi connectivity index (χ4v) is 2.81. The van der Waals surface area contributed by atoms with Crippen LogP contribution in [0.15, 0.2) is 18.2 Å². The molecule has 4 heteroatoms. The lowest BCUT2D eigenvalue weighted by Gasteiger charge is -2.32. The zero-order valence-corrected chi connectivity index (χ0v) is 11.7. The molecule has 3 nitrogen and oxygen atoms in total. The van der Waals surface area contributed by atoms with Crippen molar-refractivity contribution in [2.45, 2.75) is 18.9 Å². The molecule has 1 saturated heterocycles. The number of rotatable bonds is 4. The molecule has 0 bridgehead atoms. The van der Waals surface area contributed by atoms with Gasteiger partial charge in [0, 0.05) is 19.1 Å². The summed E-state index contributed by atoms with van der Waals surface area (Å²) < 4.78 is 11.1. The average Bonchev–Trinajstić information content (AvgIpc) is 2.40. The van der Waals surface area contributed by atoms with Gasteiger partial charge in [0.05, 0.1) is 18.2 Å². The molecule has 1 fully saturated rings. The van der Waals surface area contributed by atoms with E-state index in [0.717, 1.165) is 25.1 Å². The van der Waals surface area contributed by atoms with E-state index in [-0.39, 0.29) is 6.10 Å². The standard InChI is InChI=1S/C14H20ClNO2/c1-16-9-11-4-3-7-18-14(11)10-5-6-13(17-2)12(15)8-10/h5-6,8,11,14,16H,3-4,7,9H2,1-2H3. The third kappa shape index (κ3) is 2.97. The van der Waals surface area contributed by atoms with Crippen molar-refractivity contribution in [2.24, 2.45) is 5.92 Å².